The zero-order valence-corrected chi connectivity index (χ0v) is 15.5. The molecule has 24 heavy (non-hydrogen) atoms. The van der Waals surface area contributed by atoms with Gasteiger partial charge in [-0.15, -0.1) is 11.3 Å². The average Bonchev–Trinajstić information content (AvgIpc) is 2.94. The van der Waals surface area contributed by atoms with Crippen LogP contribution in [0.3, 0.4) is 0 Å². The Morgan fingerprint density at radius 3 is 2.71 bits per heavy atom. The van der Waals surface area contributed by atoms with Crippen molar-refractivity contribution in [3.63, 3.8) is 0 Å². The standard InChI is InChI=1S/C18H25N3O2S/c1-12-9-21(10-13(2)23-12)18(22)14(3)20(4)11-17-19-15-7-5-6-8-16(15)24-17/h5-8,12-14H,9-11H2,1-4H3/t12-,13-,14+/m1/s1. The second kappa shape index (κ2) is 7.17. The number of hydrogen-bond donors (Lipinski definition) is 0. The maximum absolute atomic E-state index is 12.8. The van der Waals surface area contributed by atoms with Crippen LogP contribution in [-0.4, -0.2) is 59.1 Å². The molecule has 2 aromatic rings. The van der Waals surface area contributed by atoms with Gasteiger partial charge in [0.1, 0.15) is 5.01 Å². The molecule has 130 valence electrons. The van der Waals surface area contributed by atoms with Crippen molar-refractivity contribution in [3.8, 4) is 0 Å². The first kappa shape index (κ1) is 17.3. The lowest BCUT2D eigenvalue weighted by atomic mass is 10.2. The number of nitrogens with zero attached hydrogens (tertiary/aromatic N) is 3. The summed E-state index contributed by atoms with van der Waals surface area (Å²) in [7, 11) is 1.99. The minimum absolute atomic E-state index is 0.0967. The maximum Gasteiger partial charge on any atom is 0.239 e. The summed E-state index contributed by atoms with van der Waals surface area (Å²) in [5, 5.41) is 1.04. The number of hydrogen-bond acceptors (Lipinski definition) is 5. The zero-order valence-electron chi connectivity index (χ0n) is 14.7. The van der Waals surface area contributed by atoms with E-state index in [1.165, 1.54) is 4.70 Å². The Hall–Kier alpha value is -1.50. The molecule has 5 nitrogen and oxygen atoms in total. The lowest BCUT2D eigenvalue weighted by Gasteiger charge is -2.38. The predicted molar refractivity (Wildman–Crippen MR) is 97.1 cm³/mol. The fourth-order valence-electron chi connectivity index (χ4n) is 3.15. The minimum Gasteiger partial charge on any atom is -0.372 e. The van der Waals surface area contributed by atoms with Crippen LogP contribution in [0.15, 0.2) is 24.3 Å². The van der Waals surface area contributed by atoms with E-state index < -0.39 is 0 Å². The SMILES string of the molecule is C[C@@H]1CN(C(=O)[C@H](C)N(C)Cc2nc3ccccc3s2)C[C@@H](C)O1. The van der Waals surface area contributed by atoms with Crippen molar-refractivity contribution >= 4 is 27.5 Å². The smallest absolute Gasteiger partial charge is 0.239 e. The number of rotatable bonds is 4. The molecule has 0 bridgehead atoms. The Morgan fingerprint density at radius 1 is 1.38 bits per heavy atom. The van der Waals surface area contributed by atoms with Crippen LogP contribution in [0.1, 0.15) is 25.8 Å². The molecule has 1 amide bonds. The van der Waals surface area contributed by atoms with E-state index in [-0.39, 0.29) is 24.2 Å². The number of thiazole rings is 1. The van der Waals surface area contributed by atoms with Crippen molar-refractivity contribution in [3.05, 3.63) is 29.3 Å². The van der Waals surface area contributed by atoms with E-state index >= 15 is 0 Å². The number of carbonyl (C=O) groups excluding carboxylic acids is 1. The van der Waals surface area contributed by atoms with E-state index in [0.717, 1.165) is 10.5 Å². The van der Waals surface area contributed by atoms with Gasteiger partial charge in [0.2, 0.25) is 5.91 Å². The third-order valence-corrected chi connectivity index (χ3v) is 5.49. The van der Waals surface area contributed by atoms with E-state index in [4.69, 9.17) is 4.74 Å². The number of benzene rings is 1. The topological polar surface area (TPSA) is 45.7 Å². The van der Waals surface area contributed by atoms with Gasteiger partial charge in [0.05, 0.1) is 35.0 Å². The normalized spacial score (nSPS) is 23.0. The Balaban J connectivity index is 1.65. The molecule has 0 spiro atoms. The van der Waals surface area contributed by atoms with Gasteiger partial charge < -0.3 is 9.64 Å². The molecule has 1 fully saturated rings. The number of fused-ring (bicyclic) bond motifs is 1. The lowest BCUT2D eigenvalue weighted by Crippen LogP contribution is -2.53. The summed E-state index contributed by atoms with van der Waals surface area (Å²) >= 11 is 1.69. The van der Waals surface area contributed by atoms with Gasteiger partial charge in [0.25, 0.3) is 0 Å². The van der Waals surface area contributed by atoms with E-state index in [1.54, 1.807) is 11.3 Å². The summed E-state index contributed by atoms with van der Waals surface area (Å²) in [6.07, 6.45) is 0.193. The van der Waals surface area contributed by atoms with E-state index in [0.29, 0.717) is 19.6 Å². The van der Waals surface area contributed by atoms with Crippen LogP contribution >= 0.6 is 11.3 Å². The van der Waals surface area contributed by atoms with Crippen molar-refractivity contribution in [2.24, 2.45) is 0 Å². The van der Waals surface area contributed by atoms with Crippen molar-refractivity contribution < 1.29 is 9.53 Å². The van der Waals surface area contributed by atoms with Crippen LogP contribution in [0.4, 0.5) is 0 Å². The second-order valence-corrected chi connectivity index (χ2v) is 7.78. The fourth-order valence-corrected chi connectivity index (χ4v) is 4.18. The van der Waals surface area contributed by atoms with Crippen molar-refractivity contribution in [1.82, 2.24) is 14.8 Å². The second-order valence-electron chi connectivity index (χ2n) is 6.67. The van der Waals surface area contributed by atoms with Gasteiger partial charge in [-0.2, -0.15) is 0 Å². The van der Waals surface area contributed by atoms with Gasteiger partial charge in [-0.1, -0.05) is 12.1 Å². The molecule has 3 rings (SSSR count). The van der Waals surface area contributed by atoms with Gasteiger partial charge in [0.15, 0.2) is 0 Å². The zero-order chi connectivity index (χ0) is 17.3. The molecule has 0 aliphatic carbocycles. The highest BCUT2D eigenvalue weighted by atomic mass is 32.1. The van der Waals surface area contributed by atoms with Gasteiger partial charge in [-0.3, -0.25) is 9.69 Å². The largest absolute Gasteiger partial charge is 0.372 e. The summed E-state index contributed by atoms with van der Waals surface area (Å²) in [6, 6.07) is 7.97. The van der Waals surface area contributed by atoms with Crippen LogP contribution in [0.2, 0.25) is 0 Å². The highest BCUT2D eigenvalue weighted by Crippen LogP contribution is 2.23. The Labute approximate surface area is 147 Å². The van der Waals surface area contributed by atoms with Gasteiger partial charge >= 0.3 is 0 Å². The van der Waals surface area contributed by atoms with E-state index in [2.05, 4.69) is 16.0 Å². The number of aromatic nitrogens is 1. The van der Waals surface area contributed by atoms with E-state index in [1.807, 2.05) is 50.9 Å². The number of para-hydroxylation sites is 1. The number of likely N-dealkylation sites (N-methyl/N-ethyl adjacent to an activating group) is 1. The average molecular weight is 347 g/mol. The van der Waals surface area contributed by atoms with Crippen molar-refractivity contribution in [2.45, 2.75) is 45.6 Å². The van der Waals surface area contributed by atoms with Crippen LogP contribution in [0.5, 0.6) is 0 Å². The summed E-state index contributed by atoms with van der Waals surface area (Å²) in [6.45, 7) is 8.03. The minimum atomic E-state index is -0.172. The predicted octanol–water partition coefficient (Wildman–Crippen LogP) is 2.75. The maximum atomic E-state index is 12.8. The van der Waals surface area contributed by atoms with Gasteiger partial charge in [0, 0.05) is 13.1 Å². The molecule has 6 heteroatoms. The highest BCUT2D eigenvalue weighted by molar-refractivity contribution is 7.18. The van der Waals surface area contributed by atoms with Gasteiger partial charge in [-0.05, 0) is 40.0 Å². The third-order valence-electron chi connectivity index (χ3n) is 4.47. The Bertz CT molecular complexity index is 674. The quantitative estimate of drug-likeness (QED) is 0.853. The van der Waals surface area contributed by atoms with Gasteiger partial charge in [-0.25, -0.2) is 4.98 Å². The van der Waals surface area contributed by atoms with Crippen molar-refractivity contribution in [1.29, 1.82) is 0 Å². The molecule has 0 radical (unpaired) electrons. The Kier molecular flexibility index (Phi) is 5.18. The van der Waals surface area contributed by atoms with Crippen LogP contribution in [0, 0.1) is 0 Å². The first-order valence-electron chi connectivity index (χ1n) is 8.43. The first-order valence-corrected chi connectivity index (χ1v) is 9.24. The molecule has 1 aromatic carbocycles. The Morgan fingerprint density at radius 2 is 2.04 bits per heavy atom. The number of ether oxygens (including phenoxy) is 1. The molecule has 1 aliphatic heterocycles. The number of morpholine rings is 1. The van der Waals surface area contributed by atoms with Crippen LogP contribution < -0.4 is 0 Å². The lowest BCUT2D eigenvalue weighted by molar-refractivity contribution is -0.147. The molecule has 1 aliphatic rings. The summed E-state index contributed by atoms with van der Waals surface area (Å²) in [4.78, 5) is 21.5. The number of carbonyl (C=O) groups is 1. The molecule has 0 saturated carbocycles. The third kappa shape index (κ3) is 3.77. The summed E-state index contributed by atoms with van der Waals surface area (Å²) < 4.78 is 6.91. The summed E-state index contributed by atoms with van der Waals surface area (Å²) in [5.41, 5.74) is 1.03. The molecule has 2 heterocycles. The molecule has 1 aromatic heterocycles. The monoisotopic (exact) mass is 347 g/mol. The number of amides is 1. The first-order chi connectivity index (χ1) is 11.4. The molecular weight excluding hydrogens is 322 g/mol. The fraction of sp³-hybridized carbons (Fsp3) is 0.556. The molecule has 0 unspecified atom stereocenters. The molecule has 1 saturated heterocycles. The van der Waals surface area contributed by atoms with Crippen LogP contribution in [-0.2, 0) is 16.1 Å². The highest BCUT2D eigenvalue weighted by Gasteiger charge is 2.30. The molecular formula is C18H25N3O2S. The van der Waals surface area contributed by atoms with E-state index in [9.17, 15) is 4.79 Å². The molecule has 3 atom stereocenters. The summed E-state index contributed by atoms with van der Waals surface area (Å²) in [5.74, 6) is 0.167. The molecule has 0 N–H and O–H groups in total. The van der Waals surface area contributed by atoms with Crippen molar-refractivity contribution in [2.75, 3.05) is 20.1 Å². The van der Waals surface area contributed by atoms with Crippen LogP contribution in [0.25, 0.3) is 10.2 Å².